The lowest BCUT2D eigenvalue weighted by Gasteiger charge is -2.18. The number of esters is 3. The van der Waals surface area contributed by atoms with Gasteiger partial charge in [-0.1, -0.05) is 291 Å². The molecule has 0 aliphatic carbocycles. The molecule has 0 aromatic carbocycles. The van der Waals surface area contributed by atoms with Crippen molar-refractivity contribution in [3.8, 4) is 0 Å². The summed E-state index contributed by atoms with van der Waals surface area (Å²) in [6, 6.07) is 0. The Morgan fingerprint density at radius 2 is 0.539 bits per heavy atom. The van der Waals surface area contributed by atoms with E-state index in [1.165, 1.54) is 128 Å². The molecule has 0 aliphatic heterocycles. The van der Waals surface area contributed by atoms with Crippen LogP contribution >= 0.6 is 0 Å². The Balaban J connectivity index is 4.37. The minimum absolute atomic E-state index is 0.0915. The lowest BCUT2D eigenvalue weighted by atomic mass is 10.0. The van der Waals surface area contributed by atoms with E-state index in [4.69, 9.17) is 14.2 Å². The number of hydrogen-bond acceptors (Lipinski definition) is 6. The monoisotopic (exact) mass is 1060 g/mol. The van der Waals surface area contributed by atoms with Crippen molar-refractivity contribution in [2.24, 2.45) is 0 Å². The normalized spacial score (nSPS) is 12.7. The Kier molecular flexibility index (Phi) is 60.8. The first-order valence-electron chi connectivity index (χ1n) is 32.2. The molecular weight excluding hydrogens is 937 g/mol. The molecule has 6 heteroatoms. The first-order valence-corrected chi connectivity index (χ1v) is 32.2. The van der Waals surface area contributed by atoms with Gasteiger partial charge in [0, 0.05) is 19.3 Å². The largest absolute Gasteiger partial charge is 0.462 e. The lowest BCUT2D eigenvalue weighted by molar-refractivity contribution is -0.167. The topological polar surface area (TPSA) is 78.9 Å². The maximum Gasteiger partial charge on any atom is 0.306 e. The molecule has 76 heavy (non-hydrogen) atoms. The van der Waals surface area contributed by atoms with Crippen LogP contribution in [0, 0.1) is 0 Å². The quantitative estimate of drug-likeness (QED) is 0.0261. The first-order chi connectivity index (χ1) is 37.5. The lowest BCUT2D eigenvalue weighted by Crippen LogP contribution is -2.30. The average molecular weight is 1060 g/mol. The zero-order valence-corrected chi connectivity index (χ0v) is 50.0. The summed E-state index contributed by atoms with van der Waals surface area (Å²) in [6.07, 6.45) is 85.6. The van der Waals surface area contributed by atoms with Gasteiger partial charge in [-0.2, -0.15) is 0 Å². The van der Waals surface area contributed by atoms with Crippen molar-refractivity contribution in [1.29, 1.82) is 0 Å². The van der Waals surface area contributed by atoms with Gasteiger partial charge in [0.2, 0.25) is 0 Å². The summed E-state index contributed by atoms with van der Waals surface area (Å²) in [5.41, 5.74) is 0. The third kappa shape index (κ3) is 61.2. The highest BCUT2D eigenvalue weighted by atomic mass is 16.6. The highest BCUT2D eigenvalue weighted by Crippen LogP contribution is 2.17. The summed E-state index contributed by atoms with van der Waals surface area (Å²) in [5.74, 6) is -0.918. The van der Waals surface area contributed by atoms with E-state index >= 15 is 0 Å². The van der Waals surface area contributed by atoms with Crippen LogP contribution in [-0.4, -0.2) is 37.2 Å². The molecule has 436 valence electrons. The van der Waals surface area contributed by atoms with E-state index in [1.807, 2.05) is 0 Å². The van der Waals surface area contributed by atoms with E-state index in [-0.39, 0.29) is 31.1 Å². The molecule has 0 aromatic heterocycles. The van der Waals surface area contributed by atoms with Crippen LogP contribution in [0.5, 0.6) is 0 Å². The Labute approximate surface area is 470 Å². The predicted molar refractivity (Wildman–Crippen MR) is 330 cm³/mol. The molecule has 0 spiro atoms. The molecule has 0 aromatic rings. The van der Waals surface area contributed by atoms with E-state index in [2.05, 4.69) is 118 Å². The van der Waals surface area contributed by atoms with Crippen molar-refractivity contribution in [3.05, 3.63) is 97.2 Å². The van der Waals surface area contributed by atoms with Gasteiger partial charge in [0.1, 0.15) is 13.2 Å². The number of ether oxygens (including phenoxy) is 3. The summed E-state index contributed by atoms with van der Waals surface area (Å²) >= 11 is 0. The van der Waals surface area contributed by atoms with Crippen molar-refractivity contribution in [1.82, 2.24) is 0 Å². The van der Waals surface area contributed by atoms with Gasteiger partial charge in [-0.15, -0.1) is 0 Å². The second kappa shape index (κ2) is 63.9. The summed E-state index contributed by atoms with van der Waals surface area (Å²) in [5, 5.41) is 0. The van der Waals surface area contributed by atoms with Crippen LogP contribution < -0.4 is 0 Å². The summed E-state index contributed by atoms with van der Waals surface area (Å²) in [7, 11) is 0. The highest BCUT2D eigenvalue weighted by molar-refractivity contribution is 5.71. The first kappa shape index (κ1) is 72.3. The van der Waals surface area contributed by atoms with Gasteiger partial charge in [0.15, 0.2) is 6.10 Å². The SMILES string of the molecule is CC/C=C\C/C=C\C/C=C\C/C=C\C/C=C\C/C=C\CCCCCCC(=O)OCC(COC(=O)CCCCCCC/C=C\C/C=C\CCC)OC(=O)CCCCCCCCCCCCCCCCCCCCCCCC. The molecule has 6 nitrogen and oxygen atoms in total. The summed E-state index contributed by atoms with van der Waals surface area (Å²) in [6.45, 7) is 6.46. The molecule has 0 heterocycles. The fraction of sp³-hybridized carbons (Fsp3) is 0.729. The average Bonchev–Trinajstić information content (AvgIpc) is 3.42. The van der Waals surface area contributed by atoms with E-state index in [1.54, 1.807) is 0 Å². The summed E-state index contributed by atoms with van der Waals surface area (Å²) < 4.78 is 16.9. The number of hydrogen-bond donors (Lipinski definition) is 0. The van der Waals surface area contributed by atoms with Crippen LogP contribution in [0.25, 0.3) is 0 Å². The fourth-order valence-electron chi connectivity index (χ4n) is 9.02. The predicted octanol–water partition coefficient (Wildman–Crippen LogP) is 22.0. The molecule has 1 atom stereocenters. The molecular formula is C70H120O6. The number of carbonyl (C=O) groups is 3. The zero-order valence-electron chi connectivity index (χ0n) is 50.0. The third-order valence-corrected chi connectivity index (χ3v) is 13.8. The van der Waals surface area contributed by atoms with E-state index in [9.17, 15) is 14.4 Å². The Hall–Kier alpha value is -3.67. The van der Waals surface area contributed by atoms with Crippen molar-refractivity contribution < 1.29 is 28.6 Å². The van der Waals surface area contributed by atoms with Gasteiger partial charge >= 0.3 is 17.9 Å². The maximum atomic E-state index is 12.9. The molecule has 0 fully saturated rings. The van der Waals surface area contributed by atoms with Crippen LogP contribution in [-0.2, 0) is 28.6 Å². The fourth-order valence-corrected chi connectivity index (χ4v) is 9.02. The van der Waals surface area contributed by atoms with Crippen LogP contribution in [0.1, 0.15) is 310 Å². The smallest absolute Gasteiger partial charge is 0.306 e. The number of unbranched alkanes of at least 4 members (excludes halogenated alkanes) is 31. The second-order valence-electron chi connectivity index (χ2n) is 21.3. The summed E-state index contributed by atoms with van der Waals surface area (Å²) in [4.78, 5) is 38.3. The molecule has 0 rings (SSSR count). The van der Waals surface area contributed by atoms with Gasteiger partial charge in [0.05, 0.1) is 0 Å². The number of allylic oxidation sites excluding steroid dienone is 16. The van der Waals surface area contributed by atoms with Crippen molar-refractivity contribution in [3.63, 3.8) is 0 Å². The third-order valence-electron chi connectivity index (χ3n) is 13.8. The van der Waals surface area contributed by atoms with Gasteiger partial charge in [-0.3, -0.25) is 14.4 Å². The van der Waals surface area contributed by atoms with Crippen molar-refractivity contribution in [2.45, 2.75) is 316 Å². The molecule has 0 aliphatic rings. The van der Waals surface area contributed by atoms with Crippen molar-refractivity contribution >= 4 is 17.9 Å². The molecule has 0 radical (unpaired) electrons. The molecule has 0 N–H and O–H groups in total. The van der Waals surface area contributed by atoms with Gasteiger partial charge in [-0.05, 0) is 96.3 Å². The van der Waals surface area contributed by atoms with Gasteiger partial charge in [-0.25, -0.2) is 0 Å². The van der Waals surface area contributed by atoms with E-state index in [0.717, 1.165) is 141 Å². The van der Waals surface area contributed by atoms with Gasteiger partial charge < -0.3 is 14.2 Å². The number of rotatable bonds is 58. The molecule has 0 amide bonds. The molecule has 0 saturated carbocycles. The number of carbonyl (C=O) groups excluding carboxylic acids is 3. The maximum absolute atomic E-state index is 12.9. The minimum Gasteiger partial charge on any atom is -0.462 e. The van der Waals surface area contributed by atoms with E-state index in [0.29, 0.717) is 19.3 Å². The zero-order chi connectivity index (χ0) is 55.0. The standard InChI is InChI=1S/C70H120O6/c1-4-7-10-13-16-19-22-25-27-29-31-33-35-37-38-40-42-45-48-51-54-57-60-63-69(72)75-66-67(65-74-68(71)62-59-56-53-50-47-44-24-21-18-15-12-9-6-3)76-70(73)64-61-58-55-52-49-46-43-41-39-36-34-32-30-28-26-23-20-17-14-11-8-5-2/h7,10,12,15-16,19,21,24-25,27,31,33,37-38,42,45,67H,4-6,8-9,11,13-14,17-18,20,22-23,26,28-30,32,34-36,39-41,43-44,46-66H2,1-3H3/b10-7-,15-12-,19-16-,24-21-,27-25-,33-31-,38-37-,45-42-. The van der Waals surface area contributed by atoms with Crippen LogP contribution in [0.2, 0.25) is 0 Å². The Bertz CT molecular complexity index is 1490. The van der Waals surface area contributed by atoms with E-state index < -0.39 is 6.10 Å². The Morgan fingerprint density at radius 1 is 0.276 bits per heavy atom. The molecule has 0 bridgehead atoms. The highest BCUT2D eigenvalue weighted by Gasteiger charge is 2.19. The van der Waals surface area contributed by atoms with Gasteiger partial charge in [0.25, 0.3) is 0 Å². The van der Waals surface area contributed by atoms with Crippen molar-refractivity contribution in [2.75, 3.05) is 13.2 Å². The molecule has 0 saturated heterocycles. The van der Waals surface area contributed by atoms with Crippen LogP contribution in [0.3, 0.4) is 0 Å². The second-order valence-corrected chi connectivity index (χ2v) is 21.3. The van der Waals surface area contributed by atoms with Crippen LogP contribution in [0.4, 0.5) is 0 Å². The van der Waals surface area contributed by atoms with Crippen LogP contribution in [0.15, 0.2) is 97.2 Å². The minimum atomic E-state index is -0.795. The molecule has 1 unspecified atom stereocenters. The Morgan fingerprint density at radius 3 is 0.855 bits per heavy atom.